The predicted molar refractivity (Wildman–Crippen MR) is 72.7 cm³/mol. The zero-order chi connectivity index (χ0) is 13.4. The SMILES string of the molecule is Cc1cccc(C)c1OCC(=O)NCCCCN. The molecule has 18 heavy (non-hydrogen) atoms. The first-order valence-electron chi connectivity index (χ1n) is 6.31. The number of amides is 1. The maximum atomic E-state index is 11.5. The molecule has 4 nitrogen and oxygen atoms in total. The molecule has 100 valence electrons. The smallest absolute Gasteiger partial charge is 0.257 e. The van der Waals surface area contributed by atoms with Gasteiger partial charge in [0.25, 0.3) is 5.91 Å². The van der Waals surface area contributed by atoms with Crippen LogP contribution in [0.2, 0.25) is 0 Å². The number of rotatable bonds is 7. The molecule has 4 heteroatoms. The topological polar surface area (TPSA) is 64.3 Å². The summed E-state index contributed by atoms with van der Waals surface area (Å²) in [7, 11) is 0. The summed E-state index contributed by atoms with van der Waals surface area (Å²) >= 11 is 0. The van der Waals surface area contributed by atoms with Gasteiger partial charge in [-0.2, -0.15) is 0 Å². The van der Waals surface area contributed by atoms with Gasteiger partial charge in [0, 0.05) is 6.54 Å². The van der Waals surface area contributed by atoms with Crippen LogP contribution in [0.25, 0.3) is 0 Å². The van der Waals surface area contributed by atoms with E-state index in [-0.39, 0.29) is 12.5 Å². The van der Waals surface area contributed by atoms with Crippen LogP contribution in [0.1, 0.15) is 24.0 Å². The molecule has 0 fully saturated rings. The number of nitrogens with two attached hydrogens (primary N) is 1. The Morgan fingerprint density at radius 3 is 2.56 bits per heavy atom. The molecule has 0 bridgehead atoms. The third-order valence-electron chi connectivity index (χ3n) is 2.71. The van der Waals surface area contributed by atoms with Crippen molar-refractivity contribution < 1.29 is 9.53 Å². The number of nitrogens with one attached hydrogen (secondary N) is 1. The van der Waals surface area contributed by atoms with E-state index in [0.29, 0.717) is 13.1 Å². The molecule has 1 amide bonds. The maximum Gasteiger partial charge on any atom is 0.257 e. The number of hydrogen-bond acceptors (Lipinski definition) is 3. The molecule has 0 aliphatic carbocycles. The van der Waals surface area contributed by atoms with Crippen LogP contribution in [0, 0.1) is 13.8 Å². The van der Waals surface area contributed by atoms with Crippen molar-refractivity contribution in [3.63, 3.8) is 0 Å². The van der Waals surface area contributed by atoms with E-state index >= 15 is 0 Å². The lowest BCUT2D eigenvalue weighted by molar-refractivity contribution is -0.123. The van der Waals surface area contributed by atoms with Crippen LogP contribution in [0.4, 0.5) is 0 Å². The molecule has 1 rings (SSSR count). The predicted octanol–water partition coefficient (Wildman–Crippen LogP) is 1.54. The minimum atomic E-state index is -0.0883. The number of unbranched alkanes of at least 4 members (excludes halogenated alkanes) is 1. The van der Waals surface area contributed by atoms with Crippen LogP contribution in [0.3, 0.4) is 0 Å². The molecule has 0 atom stereocenters. The number of para-hydroxylation sites is 1. The molecule has 0 unspecified atom stereocenters. The summed E-state index contributed by atoms with van der Waals surface area (Å²) in [5.74, 6) is 0.712. The highest BCUT2D eigenvalue weighted by atomic mass is 16.5. The second kappa shape index (κ2) is 7.71. The molecule has 0 saturated carbocycles. The average Bonchev–Trinajstić information content (AvgIpc) is 2.34. The number of aryl methyl sites for hydroxylation is 2. The molecular weight excluding hydrogens is 228 g/mol. The summed E-state index contributed by atoms with van der Waals surface area (Å²) in [6, 6.07) is 5.92. The molecule has 0 saturated heterocycles. The van der Waals surface area contributed by atoms with Crippen molar-refractivity contribution in [1.82, 2.24) is 5.32 Å². The van der Waals surface area contributed by atoms with E-state index < -0.39 is 0 Å². The Labute approximate surface area is 109 Å². The molecule has 0 aliphatic rings. The lowest BCUT2D eigenvalue weighted by Gasteiger charge is -2.11. The number of ether oxygens (including phenoxy) is 1. The van der Waals surface area contributed by atoms with Crippen molar-refractivity contribution in [1.29, 1.82) is 0 Å². The van der Waals surface area contributed by atoms with Gasteiger partial charge in [-0.05, 0) is 44.4 Å². The zero-order valence-electron chi connectivity index (χ0n) is 11.2. The van der Waals surface area contributed by atoms with Gasteiger partial charge < -0.3 is 15.8 Å². The maximum absolute atomic E-state index is 11.5. The van der Waals surface area contributed by atoms with E-state index in [1.807, 2.05) is 32.0 Å². The zero-order valence-corrected chi connectivity index (χ0v) is 11.2. The molecule has 3 N–H and O–H groups in total. The first-order chi connectivity index (χ1) is 8.65. The van der Waals surface area contributed by atoms with E-state index in [1.54, 1.807) is 0 Å². The largest absolute Gasteiger partial charge is 0.483 e. The van der Waals surface area contributed by atoms with Crippen molar-refractivity contribution >= 4 is 5.91 Å². The van der Waals surface area contributed by atoms with Gasteiger partial charge in [0.2, 0.25) is 0 Å². The average molecular weight is 250 g/mol. The fourth-order valence-corrected chi connectivity index (χ4v) is 1.71. The standard InChI is InChI=1S/C14H22N2O2/c1-11-6-5-7-12(2)14(11)18-10-13(17)16-9-4-3-8-15/h5-7H,3-4,8-10,15H2,1-2H3,(H,16,17). The van der Waals surface area contributed by atoms with E-state index in [4.69, 9.17) is 10.5 Å². The van der Waals surface area contributed by atoms with Gasteiger partial charge in [0.1, 0.15) is 5.75 Å². The van der Waals surface area contributed by atoms with Gasteiger partial charge >= 0.3 is 0 Å². The summed E-state index contributed by atoms with van der Waals surface area (Å²) in [6.45, 7) is 5.33. The Bertz CT molecular complexity index is 371. The molecule has 0 heterocycles. The first-order valence-corrected chi connectivity index (χ1v) is 6.31. The monoisotopic (exact) mass is 250 g/mol. The third kappa shape index (κ3) is 4.75. The fourth-order valence-electron chi connectivity index (χ4n) is 1.71. The summed E-state index contributed by atoms with van der Waals surface area (Å²) in [4.78, 5) is 11.5. The number of carbonyl (C=O) groups excluding carboxylic acids is 1. The van der Waals surface area contributed by atoms with Gasteiger partial charge in [-0.15, -0.1) is 0 Å². The highest BCUT2D eigenvalue weighted by Crippen LogP contribution is 2.21. The Kier molecular flexibility index (Phi) is 6.22. The number of benzene rings is 1. The van der Waals surface area contributed by atoms with Crippen LogP contribution < -0.4 is 15.8 Å². The summed E-state index contributed by atoms with van der Waals surface area (Å²) in [6.07, 6.45) is 1.84. The van der Waals surface area contributed by atoms with Crippen LogP contribution >= 0.6 is 0 Å². The van der Waals surface area contributed by atoms with E-state index in [9.17, 15) is 4.79 Å². The first kappa shape index (κ1) is 14.5. The van der Waals surface area contributed by atoms with Gasteiger partial charge in [-0.3, -0.25) is 4.79 Å². The van der Waals surface area contributed by atoms with Crippen molar-refractivity contribution in [2.75, 3.05) is 19.7 Å². The molecule has 0 aromatic heterocycles. The van der Waals surface area contributed by atoms with E-state index in [2.05, 4.69) is 5.32 Å². The van der Waals surface area contributed by atoms with Crippen LogP contribution in [0.15, 0.2) is 18.2 Å². The van der Waals surface area contributed by atoms with E-state index in [1.165, 1.54) is 0 Å². The summed E-state index contributed by atoms with van der Waals surface area (Å²) < 4.78 is 5.55. The second-order valence-electron chi connectivity index (χ2n) is 4.36. The lowest BCUT2D eigenvalue weighted by Crippen LogP contribution is -2.30. The fraction of sp³-hybridized carbons (Fsp3) is 0.500. The molecule has 0 spiro atoms. The minimum Gasteiger partial charge on any atom is -0.483 e. The van der Waals surface area contributed by atoms with Gasteiger partial charge in [0.15, 0.2) is 6.61 Å². The Morgan fingerprint density at radius 2 is 1.94 bits per heavy atom. The normalized spacial score (nSPS) is 10.2. The second-order valence-corrected chi connectivity index (χ2v) is 4.36. The number of hydrogen-bond donors (Lipinski definition) is 2. The van der Waals surface area contributed by atoms with Crippen molar-refractivity contribution in [3.05, 3.63) is 29.3 Å². The Hall–Kier alpha value is -1.55. The van der Waals surface area contributed by atoms with Crippen LogP contribution in [0.5, 0.6) is 5.75 Å². The molecule has 0 aliphatic heterocycles. The molecule has 0 radical (unpaired) electrons. The summed E-state index contributed by atoms with van der Waals surface area (Å²) in [5, 5.41) is 2.81. The lowest BCUT2D eigenvalue weighted by atomic mass is 10.1. The van der Waals surface area contributed by atoms with Crippen molar-refractivity contribution in [2.24, 2.45) is 5.73 Å². The van der Waals surface area contributed by atoms with Gasteiger partial charge in [0.05, 0.1) is 0 Å². The van der Waals surface area contributed by atoms with Gasteiger partial charge in [-0.25, -0.2) is 0 Å². The molecular formula is C14H22N2O2. The molecule has 1 aromatic rings. The minimum absolute atomic E-state index is 0.0638. The summed E-state index contributed by atoms with van der Waals surface area (Å²) in [5.41, 5.74) is 7.47. The van der Waals surface area contributed by atoms with Crippen LogP contribution in [-0.2, 0) is 4.79 Å². The van der Waals surface area contributed by atoms with Gasteiger partial charge in [-0.1, -0.05) is 18.2 Å². The number of carbonyl (C=O) groups is 1. The Balaban J connectivity index is 2.34. The van der Waals surface area contributed by atoms with Crippen LogP contribution in [-0.4, -0.2) is 25.6 Å². The quantitative estimate of drug-likeness (QED) is 0.721. The van der Waals surface area contributed by atoms with Crippen molar-refractivity contribution in [2.45, 2.75) is 26.7 Å². The highest BCUT2D eigenvalue weighted by molar-refractivity contribution is 5.77. The molecule has 1 aromatic carbocycles. The Morgan fingerprint density at radius 1 is 1.28 bits per heavy atom. The third-order valence-corrected chi connectivity index (χ3v) is 2.71. The highest BCUT2D eigenvalue weighted by Gasteiger charge is 2.06. The van der Waals surface area contributed by atoms with Crippen molar-refractivity contribution in [3.8, 4) is 5.75 Å². The van der Waals surface area contributed by atoms with E-state index in [0.717, 1.165) is 29.7 Å².